The van der Waals surface area contributed by atoms with E-state index >= 15 is 0 Å². The monoisotopic (exact) mass is 182 g/mol. The lowest BCUT2D eigenvalue weighted by molar-refractivity contribution is 0.181. The van der Waals surface area contributed by atoms with Gasteiger partial charge in [-0.05, 0) is 6.42 Å². The van der Waals surface area contributed by atoms with Crippen LogP contribution in [0.25, 0.3) is 0 Å². The molecule has 1 aromatic rings. The van der Waals surface area contributed by atoms with Crippen molar-refractivity contribution in [3.8, 4) is 0 Å². The van der Waals surface area contributed by atoms with Gasteiger partial charge >= 0.3 is 0 Å². The van der Waals surface area contributed by atoms with Crippen molar-refractivity contribution in [1.29, 1.82) is 0 Å². The van der Waals surface area contributed by atoms with Crippen molar-refractivity contribution in [2.24, 2.45) is 11.7 Å². The lowest BCUT2D eigenvalue weighted by Crippen LogP contribution is -2.11. The minimum atomic E-state index is 0.459. The van der Waals surface area contributed by atoms with Gasteiger partial charge in [0.1, 0.15) is 0 Å². The smallest absolute Gasteiger partial charge is 0.0962 e. The summed E-state index contributed by atoms with van der Waals surface area (Å²) in [7, 11) is 0. The van der Waals surface area contributed by atoms with Gasteiger partial charge in [0.25, 0.3) is 0 Å². The number of hydrogen-bond acceptors (Lipinski definition) is 4. The van der Waals surface area contributed by atoms with Crippen LogP contribution in [0.5, 0.6) is 0 Å². The first-order valence-corrected chi connectivity index (χ1v) is 4.55. The fourth-order valence-corrected chi connectivity index (χ4v) is 1.51. The summed E-state index contributed by atoms with van der Waals surface area (Å²) < 4.78 is 7.12. The van der Waals surface area contributed by atoms with E-state index in [9.17, 15) is 0 Å². The molecule has 5 nitrogen and oxygen atoms in total. The van der Waals surface area contributed by atoms with Crippen molar-refractivity contribution in [3.63, 3.8) is 0 Å². The first-order valence-electron chi connectivity index (χ1n) is 4.55. The third-order valence-electron chi connectivity index (χ3n) is 2.26. The highest BCUT2D eigenvalue weighted by atomic mass is 16.5. The van der Waals surface area contributed by atoms with Crippen LogP contribution in [0.2, 0.25) is 0 Å². The van der Waals surface area contributed by atoms with Crippen LogP contribution >= 0.6 is 0 Å². The maximum Gasteiger partial charge on any atom is 0.0962 e. The Morgan fingerprint density at radius 1 is 1.69 bits per heavy atom. The molecule has 2 rings (SSSR count). The molecule has 2 N–H and O–H groups in total. The summed E-state index contributed by atoms with van der Waals surface area (Å²) in [5, 5.41) is 7.91. The van der Waals surface area contributed by atoms with Gasteiger partial charge < -0.3 is 10.5 Å². The van der Waals surface area contributed by atoms with Crippen molar-refractivity contribution in [1.82, 2.24) is 15.0 Å². The molecule has 1 saturated heterocycles. The predicted molar refractivity (Wildman–Crippen MR) is 46.8 cm³/mol. The van der Waals surface area contributed by atoms with Crippen LogP contribution in [0.4, 0.5) is 0 Å². The molecule has 0 saturated carbocycles. The molecule has 1 aromatic heterocycles. The van der Waals surface area contributed by atoms with E-state index in [0.717, 1.165) is 31.9 Å². The Hall–Kier alpha value is -0.940. The van der Waals surface area contributed by atoms with Gasteiger partial charge in [-0.1, -0.05) is 5.21 Å². The zero-order chi connectivity index (χ0) is 9.10. The average Bonchev–Trinajstić information content (AvgIpc) is 2.76. The maximum atomic E-state index is 5.43. The average molecular weight is 182 g/mol. The Morgan fingerprint density at radius 3 is 3.23 bits per heavy atom. The van der Waals surface area contributed by atoms with Crippen LogP contribution < -0.4 is 5.73 Å². The van der Waals surface area contributed by atoms with Gasteiger partial charge in [-0.25, -0.2) is 0 Å². The first kappa shape index (κ1) is 8.65. The topological polar surface area (TPSA) is 66.0 Å². The summed E-state index contributed by atoms with van der Waals surface area (Å²) in [4.78, 5) is 0. The predicted octanol–water partition coefficient (Wildman–Crippen LogP) is -0.227. The number of nitrogens with two attached hydrogens (primary N) is 1. The molecule has 72 valence electrons. The summed E-state index contributed by atoms with van der Waals surface area (Å²) in [6.45, 7) is 3.08. The van der Waals surface area contributed by atoms with Gasteiger partial charge in [0, 0.05) is 31.8 Å². The highest BCUT2D eigenvalue weighted by molar-refractivity contribution is 4.90. The highest BCUT2D eigenvalue weighted by Crippen LogP contribution is 2.13. The van der Waals surface area contributed by atoms with Crippen molar-refractivity contribution in [3.05, 3.63) is 11.9 Å². The van der Waals surface area contributed by atoms with E-state index in [1.54, 1.807) is 0 Å². The maximum absolute atomic E-state index is 5.43. The fraction of sp³-hybridized carbons (Fsp3) is 0.750. The van der Waals surface area contributed by atoms with E-state index in [0.29, 0.717) is 12.5 Å². The summed E-state index contributed by atoms with van der Waals surface area (Å²) in [6.07, 6.45) is 3.02. The molecule has 0 aromatic carbocycles. The normalized spacial score (nSPS) is 22.4. The second-order valence-corrected chi connectivity index (χ2v) is 3.37. The zero-order valence-corrected chi connectivity index (χ0v) is 7.52. The Kier molecular flexibility index (Phi) is 2.56. The Bertz CT molecular complexity index is 267. The first-order chi connectivity index (χ1) is 6.38. The van der Waals surface area contributed by atoms with Crippen LogP contribution in [0.15, 0.2) is 6.20 Å². The standard InChI is InChI=1S/C8H14N4O/c9-3-8-5-12(11-10-8)4-7-1-2-13-6-7/h5,7H,1-4,6,9H2/t7-/m1/s1. The lowest BCUT2D eigenvalue weighted by atomic mass is 10.1. The Balaban J connectivity index is 1.92. The second-order valence-electron chi connectivity index (χ2n) is 3.37. The van der Waals surface area contributed by atoms with Crippen molar-refractivity contribution >= 4 is 0 Å². The number of aromatic nitrogens is 3. The summed E-state index contributed by atoms with van der Waals surface area (Å²) in [5.74, 6) is 0.590. The molecular weight excluding hydrogens is 168 g/mol. The molecule has 1 fully saturated rings. The molecule has 1 atom stereocenters. The van der Waals surface area contributed by atoms with E-state index in [2.05, 4.69) is 10.3 Å². The summed E-state index contributed by atoms with van der Waals surface area (Å²) in [5.41, 5.74) is 6.28. The molecule has 2 heterocycles. The summed E-state index contributed by atoms with van der Waals surface area (Å²) in [6, 6.07) is 0. The lowest BCUT2D eigenvalue weighted by Gasteiger charge is -2.05. The van der Waals surface area contributed by atoms with E-state index in [-0.39, 0.29) is 0 Å². The molecule has 1 aliphatic heterocycles. The van der Waals surface area contributed by atoms with Crippen LogP contribution in [-0.2, 0) is 17.8 Å². The van der Waals surface area contributed by atoms with E-state index < -0.39 is 0 Å². The Labute approximate surface area is 76.9 Å². The molecule has 0 spiro atoms. The number of ether oxygens (including phenoxy) is 1. The van der Waals surface area contributed by atoms with Gasteiger partial charge in [0.2, 0.25) is 0 Å². The minimum Gasteiger partial charge on any atom is -0.381 e. The zero-order valence-electron chi connectivity index (χ0n) is 7.52. The van der Waals surface area contributed by atoms with E-state index in [1.807, 2.05) is 10.9 Å². The highest BCUT2D eigenvalue weighted by Gasteiger charge is 2.16. The molecule has 5 heteroatoms. The van der Waals surface area contributed by atoms with Gasteiger partial charge in [0.15, 0.2) is 0 Å². The molecule has 0 radical (unpaired) electrons. The summed E-state index contributed by atoms with van der Waals surface area (Å²) >= 11 is 0. The molecule has 13 heavy (non-hydrogen) atoms. The molecular formula is C8H14N4O. The number of hydrogen-bond donors (Lipinski definition) is 1. The molecule has 0 bridgehead atoms. The number of nitrogens with zero attached hydrogens (tertiary/aromatic N) is 3. The third-order valence-corrected chi connectivity index (χ3v) is 2.26. The third kappa shape index (κ3) is 2.05. The minimum absolute atomic E-state index is 0.459. The van der Waals surface area contributed by atoms with Crippen molar-refractivity contribution < 1.29 is 4.74 Å². The second kappa shape index (κ2) is 3.85. The van der Waals surface area contributed by atoms with Crippen molar-refractivity contribution in [2.75, 3.05) is 13.2 Å². The van der Waals surface area contributed by atoms with E-state index in [1.165, 1.54) is 0 Å². The fourth-order valence-electron chi connectivity index (χ4n) is 1.51. The van der Waals surface area contributed by atoms with Crippen LogP contribution in [0.3, 0.4) is 0 Å². The van der Waals surface area contributed by atoms with Gasteiger partial charge in [-0.3, -0.25) is 4.68 Å². The SMILES string of the molecule is NCc1cn(C[C@H]2CCOC2)nn1. The number of rotatable bonds is 3. The van der Waals surface area contributed by atoms with Gasteiger partial charge in [-0.2, -0.15) is 0 Å². The molecule has 1 aliphatic rings. The van der Waals surface area contributed by atoms with Gasteiger partial charge in [0.05, 0.1) is 12.3 Å². The largest absolute Gasteiger partial charge is 0.381 e. The van der Waals surface area contributed by atoms with E-state index in [4.69, 9.17) is 10.5 Å². The molecule has 0 amide bonds. The van der Waals surface area contributed by atoms with Gasteiger partial charge in [-0.15, -0.1) is 5.10 Å². The van der Waals surface area contributed by atoms with Crippen LogP contribution in [-0.4, -0.2) is 28.2 Å². The molecule has 0 aliphatic carbocycles. The van der Waals surface area contributed by atoms with Crippen molar-refractivity contribution in [2.45, 2.75) is 19.5 Å². The Morgan fingerprint density at radius 2 is 2.62 bits per heavy atom. The molecule has 0 unspecified atom stereocenters. The van der Waals surface area contributed by atoms with Crippen LogP contribution in [0, 0.1) is 5.92 Å². The van der Waals surface area contributed by atoms with Crippen LogP contribution in [0.1, 0.15) is 12.1 Å². The quantitative estimate of drug-likeness (QED) is 0.701.